The fraction of sp³-hybridized carbons (Fsp3) is 0.111. The lowest BCUT2D eigenvalue weighted by molar-refractivity contribution is -0.137. The van der Waals surface area contributed by atoms with Crippen molar-refractivity contribution in [2.75, 3.05) is 5.32 Å². The van der Waals surface area contributed by atoms with Crippen LogP contribution in [0, 0.1) is 6.92 Å². The van der Waals surface area contributed by atoms with E-state index < -0.39 is 22.7 Å². The lowest BCUT2D eigenvalue weighted by Gasteiger charge is -2.13. The zero-order valence-corrected chi connectivity index (χ0v) is 15.2. The summed E-state index contributed by atoms with van der Waals surface area (Å²) < 4.78 is 44.3. The van der Waals surface area contributed by atoms with E-state index in [-0.39, 0.29) is 27.7 Å². The largest absolute Gasteiger partial charge is 0.417 e. The van der Waals surface area contributed by atoms with Crippen LogP contribution in [0.4, 0.5) is 18.9 Å². The Balaban J connectivity index is 1.99. The Morgan fingerprint density at radius 3 is 2.41 bits per heavy atom. The number of aryl methyl sites for hydroxylation is 1. The van der Waals surface area contributed by atoms with Crippen molar-refractivity contribution < 1.29 is 22.5 Å². The highest BCUT2D eigenvalue weighted by molar-refractivity contribution is 6.37. The molecule has 3 rings (SSSR count). The van der Waals surface area contributed by atoms with Gasteiger partial charge in [0, 0.05) is 5.56 Å². The average molecular weight is 415 g/mol. The van der Waals surface area contributed by atoms with Gasteiger partial charge in [0.15, 0.2) is 0 Å². The van der Waals surface area contributed by atoms with E-state index in [1.807, 2.05) is 0 Å². The Morgan fingerprint density at radius 2 is 1.78 bits per heavy atom. The topological polar surface area (TPSA) is 55.1 Å². The van der Waals surface area contributed by atoms with E-state index in [1.54, 1.807) is 30.3 Å². The molecule has 9 heteroatoms. The summed E-state index contributed by atoms with van der Waals surface area (Å²) in [5.41, 5.74) is -0.336. The van der Waals surface area contributed by atoms with Crippen LogP contribution in [-0.2, 0) is 6.18 Å². The Bertz CT molecular complexity index is 1000. The van der Waals surface area contributed by atoms with Crippen molar-refractivity contribution in [3.8, 4) is 11.3 Å². The van der Waals surface area contributed by atoms with Crippen LogP contribution in [0.15, 0.2) is 47.0 Å². The second kappa shape index (κ2) is 7.25. The SMILES string of the molecule is Cc1onc(-c2ccccc2)c1C(=O)Nc1cc(C(F)(F)F)c(Cl)cc1Cl. The standard InChI is InChI=1S/C18H11Cl2F3N2O2/c1-9-15(16(25-27-9)10-5-3-2-4-6-10)17(26)24-14-7-11(18(21,22)23)12(19)8-13(14)20/h2-8H,1H3,(H,24,26). The summed E-state index contributed by atoms with van der Waals surface area (Å²) in [6.07, 6.45) is -4.69. The number of halogens is 5. The Kier molecular flexibility index (Phi) is 5.17. The highest BCUT2D eigenvalue weighted by Gasteiger charge is 2.34. The Hall–Kier alpha value is -2.51. The van der Waals surface area contributed by atoms with Gasteiger partial charge in [-0.3, -0.25) is 4.79 Å². The third kappa shape index (κ3) is 3.94. The fourth-order valence-electron chi connectivity index (χ4n) is 2.48. The number of aromatic nitrogens is 1. The van der Waals surface area contributed by atoms with Gasteiger partial charge in [-0.2, -0.15) is 13.2 Å². The predicted octanol–water partition coefficient (Wildman–Crippen LogP) is 6.23. The number of carbonyl (C=O) groups excluding carboxylic acids is 1. The first-order valence-electron chi connectivity index (χ1n) is 7.57. The number of hydrogen-bond donors (Lipinski definition) is 1. The molecule has 4 nitrogen and oxygen atoms in total. The van der Waals surface area contributed by atoms with Crippen LogP contribution in [0.5, 0.6) is 0 Å². The van der Waals surface area contributed by atoms with Gasteiger partial charge in [-0.05, 0) is 19.1 Å². The van der Waals surface area contributed by atoms with Gasteiger partial charge in [-0.1, -0.05) is 58.7 Å². The van der Waals surface area contributed by atoms with E-state index >= 15 is 0 Å². The molecule has 2 aromatic carbocycles. The lowest BCUT2D eigenvalue weighted by Crippen LogP contribution is -2.15. The van der Waals surface area contributed by atoms with Crippen molar-refractivity contribution in [3.63, 3.8) is 0 Å². The molecular formula is C18H11Cl2F3N2O2. The van der Waals surface area contributed by atoms with Gasteiger partial charge in [0.25, 0.3) is 5.91 Å². The molecular weight excluding hydrogens is 404 g/mol. The quantitative estimate of drug-likeness (QED) is 0.552. The van der Waals surface area contributed by atoms with Crippen LogP contribution >= 0.6 is 23.2 Å². The molecule has 0 saturated heterocycles. The molecule has 27 heavy (non-hydrogen) atoms. The highest BCUT2D eigenvalue weighted by Crippen LogP contribution is 2.39. The van der Waals surface area contributed by atoms with Crippen LogP contribution in [0.25, 0.3) is 11.3 Å². The molecule has 0 aliphatic rings. The molecule has 0 spiro atoms. The minimum Gasteiger partial charge on any atom is -0.360 e. The second-order valence-electron chi connectivity index (χ2n) is 5.59. The van der Waals surface area contributed by atoms with E-state index in [1.165, 1.54) is 6.92 Å². The van der Waals surface area contributed by atoms with Crippen LogP contribution < -0.4 is 5.32 Å². The normalized spacial score (nSPS) is 11.5. The molecule has 0 bridgehead atoms. The fourth-order valence-corrected chi connectivity index (χ4v) is 3.02. The summed E-state index contributed by atoms with van der Waals surface area (Å²) in [6, 6.07) is 10.4. The molecule has 0 aliphatic heterocycles. The summed E-state index contributed by atoms with van der Waals surface area (Å²) in [6.45, 7) is 1.53. The molecule has 0 radical (unpaired) electrons. The number of nitrogens with one attached hydrogen (secondary N) is 1. The maximum Gasteiger partial charge on any atom is 0.417 e. The molecule has 0 atom stereocenters. The molecule has 1 heterocycles. The van der Waals surface area contributed by atoms with E-state index in [0.717, 1.165) is 6.07 Å². The molecule has 0 fully saturated rings. The van der Waals surface area contributed by atoms with Crippen LogP contribution in [0.3, 0.4) is 0 Å². The minimum absolute atomic E-state index is 0.0979. The van der Waals surface area contributed by atoms with Gasteiger partial charge in [-0.25, -0.2) is 0 Å². The summed E-state index contributed by atoms with van der Waals surface area (Å²) >= 11 is 11.6. The minimum atomic E-state index is -4.69. The zero-order chi connectivity index (χ0) is 19.8. The van der Waals surface area contributed by atoms with E-state index in [0.29, 0.717) is 11.6 Å². The Labute approximate surface area is 161 Å². The number of benzene rings is 2. The van der Waals surface area contributed by atoms with Crippen LogP contribution in [-0.4, -0.2) is 11.1 Å². The van der Waals surface area contributed by atoms with Crippen molar-refractivity contribution >= 4 is 34.8 Å². The van der Waals surface area contributed by atoms with Gasteiger partial charge in [0.1, 0.15) is 17.0 Å². The zero-order valence-electron chi connectivity index (χ0n) is 13.7. The van der Waals surface area contributed by atoms with E-state index in [4.69, 9.17) is 27.7 Å². The van der Waals surface area contributed by atoms with Gasteiger partial charge in [0.2, 0.25) is 0 Å². The van der Waals surface area contributed by atoms with Gasteiger partial charge >= 0.3 is 6.18 Å². The third-order valence-corrected chi connectivity index (χ3v) is 4.37. The maximum absolute atomic E-state index is 13.1. The first-order valence-corrected chi connectivity index (χ1v) is 8.33. The Morgan fingerprint density at radius 1 is 1.11 bits per heavy atom. The van der Waals surface area contributed by atoms with Crippen LogP contribution in [0.2, 0.25) is 10.0 Å². The molecule has 1 N–H and O–H groups in total. The molecule has 1 aromatic heterocycles. The highest BCUT2D eigenvalue weighted by atomic mass is 35.5. The number of amides is 1. The van der Waals surface area contributed by atoms with E-state index in [2.05, 4.69) is 10.5 Å². The molecule has 140 valence electrons. The maximum atomic E-state index is 13.1. The first-order chi connectivity index (χ1) is 12.7. The van der Waals surface area contributed by atoms with Gasteiger partial charge < -0.3 is 9.84 Å². The summed E-state index contributed by atoms with van der Waals surface area (Å²) in [5, 5.41) is 5.56. The van der Waals surface area contributed by atoms with Gasteiger partial charge in [-0.15, -0.1) is 0 Å². The average Bonchev–Trinajstić information content (AvgIpc) is 2.98. The van der Waals surface area contributed by atoms with Gasteiger partial charge in [0.05, 0.1) is 21.3 Å². The predicted molar refractivity (Wildman–Crippen MR) is 96.1 cm³/mol. The van der Waals surface area contributed by atoms with Crippen LogP contribution in [0.1, 0.15) is 21.7 Å². The first kappa shape index (κ1) is 19.3. The summed E-state index contributed by atoms with van der Waals surface area (Å²) in [5.74, 6) is -0.488. The van der Waals surface area contributed by atoms with Crippen molar-refractivity contribution in [1.82, 2.24) is 5.16 Å². The van der Waals surface area contributed by atoms with E-state index in [9.17, 15) is 18.0 Å². The molecule has 3 aromatic rings. The second-order valence-corrected chi connectivity index (χ2v) is 6.41. The smallest absolute Gasteiger partial charge is 0.360 e. The van der Waals surface area contributed by atoms with Crippen molar-refractivity contribution in [2.24, 2.45) is 0 Å². The third-order valence-electron chi connectivity index (χ3n) is 3.75. The number of rotatable bonds is 3. The molecule has 0 saturated carbocycles. The van der Waals surface area contributed by atoms with Crippen molar-refractivity contribution in [1.29, 1.82) is 0 Å². The van der Waals surface area contributed by atoms with Crippen molar-refractivity contribution in [2.45, 2.75) is 13.1 Å². The lowest BCUT2D eigenvalue weighted by atomic mass is 10.1. The molecule has 0 aliphatic carbocycles. The molecule has 1 amide bonds. The molecule has 0 unspecified atom stereocenters. The number of carbonyl (C=O) groups is 1. The number of hydrogen-bond acceptors (Lipinski definition) is 3. The summed E-state index contributed by atoms with van der Waals surface area (Å²) in [4.78, 5) is 12.7. The number of alkyl halides is 3. The monoisotopic (exact) mass is 414 g/mol. The number of anilines is 1. The summed E-state index contributed by atoms with van der Waals surface area (Å²) in [7, 11) is 0. The number of nitrogens with zero attached hydrogens (tertiary/aromatic N) is 1. The van der Waals surface area contributed by atoms with Crippen molar-refractivity contribution in [3.05, 3.63) is 69.4 Å².